The van der Waals surface area contributed by atoms with Crippen LogP contribution in [0.1, 0.15) is 34.3 Å². The van der Waals surface area contributed by atoms with Gasteiger partial charge in [0.2, 0.25) is 0 Å². The highest BCUT2D eigenvalue weighted by Crippen LogP contribution is 2.31. The second-order valence-electron chi connectivity index (χ2n) is 6.07. The Morgan fingerprint density at radius 2 is 2.00 bits per heavy atom. The topological polar surface area (TPSA) is 49.8 Å². The lowest BCUT2D eigenvalue weighted by Gasteiger charge is -2.22. The van der Waals surface area contributed by atoms with E-state index < -0.39 is 5.97 Å². The molecular weight excluding hydrogens is 326 g/mol. The van der Waals surface area contributed by atoms with Gasteiger partial charge in [-0.15, -0.1) is 0 Å². The van der Waals surface area contributed by atoms with E-state index >= 15 is 0 Å². The van der Waals surface area contributed by atoms with E-state index in [0.717, 1.165) is 42.1 Å². The average Bonchev–Trinajstić information content (AvgIpc) is 2.59. The summed E-state index contributed by atoms with van der Waals surface area (Å²) in [6.45, 7) is 1.29. The zero-order valence-electron chi connectivity index (χ0n) is 13.6. The molecule has 1 heterocycles. The lowest BCUT2D eigenvalue weighted by molar-refractivity contribution is 0.0697. The fourth-order valence-electron chi connectivity index (χ4n) is 2.98. The molecular formula is C19H20ClNO3. The van der Waals surface area contributed by atoms with Gasteiger partial charge in [0.05, 0.1) is 11.3 Å². The number of aryl methyl sites for hydroxylation is 1. The van der Waals surface area contributed by atoms with Crippen molar-refractivity contribution in [2.75, 3.05) is 18.5 Å². The predicted octanol–water partition coefficient (Wildman–Crippen LogP) is 4.39. The van der Waals surface area contributed by atoms with Crippen LogP contribution in [-0.2, 0) is 13.0 Å². The number of hydrogen-bond donors (Lipinski definition) is 1. The lowest BCUT2D eigenvalue weighted by atomic mass is 10.0. The largest absolute Gasteiger partial charge is 0.487 e. The summed E-state index contributed by atoms with van der Waals surface area (Å²) in [5.74, 6) is -0.231. The number of benzene rings is 2. The van der Waals surface area contributed by atoms with Crippen molar-refractivity contribution in [2.45, 2.75) is 25.9 Å². The molecule has 2 aromatic carbocycles. The number of rotatable bonds is 1. The van der Waals surface area contributed by atoms with E-state index in [0.29, 0.717) is 12.4 Å². The van der Waals surface area contributed by atoms with E-state index in [1.807, 2.05) is 25.2 Å². The monoisotopic (exact) mass is 345 g/mol. The van der Waals surface area contributed by atoms with Crippen molar-refractivity contribution < 1.29 is 14.6 Å². The minimum atomic E-state index is -0.930. The Kier molecular flexibility index (Phi) is 4.95. The van der Waals surface area contributed by atoms with E-state index in [9.17, 15) is 9.90 Å². The lowest BCUT2D eigenvalue weighted by Crippen LogP contribution is -2.19. The zero-order valence-corrected chi connectivity index (χ0v) is 14.3. The Bertz CT molecular complexity index is 760. The Balaban J connectivity index is 1.96. The summed E-state index contributed by atoms with van der Waals surface area (Å²) in [5.41, 5.74) is 3.42. The van der Waals surface area contributed by atoms with Gasteiger partial charge in [0.25, 0.3) is 0 Å². The fourth-order valence-corrected chi connectivity index (χ4v) is 3.17. The summed E-state index contributed by atoms with van der Waals surface area (Å²) in [5, 5.41) is 9.97. The Labute approximate surface area is 146 Å². The molecule has 24 heavy (non-hydrogen) atoms. The Morgan fingerprint density at radius 3 is 2.79 bits per heavy atom. The van der Waals surface area contributed by atoms with Gasteiger partial charge in [-0.2, -0.15) is 0 Å². The molecule has 3 rings (SSSR count). The van der Waals surface area contributed by atoms with Gasteiger partial charge >= 0.3 is 5.97 Å². The minimum Gasteiger partial charge on any atom is -0.487 e. The summed E-state index contributed by atoms with van der Waals surface area (Å²) in [7, 11) is 1.97. The highest BCUT2D eigenvalue weighted by atomic mass is 35.5. The molecule has 0 unspecified atom stereocenters. The van der Waals surface area contributed by atoms with Gasteiger partial charge in [0.1, 0.15) is 12.4 Å². The first kappa shape index (κ1) is 16.7. The van der Waals surface area contributed by atoms with Crippen LogP contribution in [0.3, 0.4) is 0 Å². The van der Waals surface area contributed by atoms with Crippen LogP contribution in [0.5, 0.6) is 5.75 Å². The number of nitrogens with zero attached hydrogens (tertiary/aromatic N) is 1. The minimum absolute atomic E-state index is 0.270. The molecule has 1 aliphatic rings. The molecule has 126 valence electrons. The van der Waals surface area contributed by atoms with Crippen LogP contribution in [0.4, 0.5) is 5.69 Å². The molecule has 2 aromatic rings. The number of fused-ring (bicyclic) bond motifs is 2. The van der Waals surface area contributed by atoms with Crippen molar-refractivity contribution >= 4 is 23.3 Å². The first-order valence-corrected chi connectivity index (χ1v) is 8.41. The van der Waals surface area contributed by atoms with Gasteiger partial charge in [0, 0.05) is 18.6 Å². The number of halogens is 1. The van der Waals surface area contributed by atoms with Crippen molar-refractivity contribution in [1.29, 1.82) is 0 Å². The molecule has 5 heteroatoms. The number of ether oxygens (including phenoxy) is 1. The van der Waals surface area contributed by atoms with Gasteiger partial charge in [0.15, 0.2) is 0 Å². The second kappa shape index (κ2) is 7.14. The maximum Gasteiger partial charge on any atom is 0.335 e. The molecule has 0 aromatic heterocycles. The number of carbonyl (C=O) groups is 1. The van der Waals surface area contributed by atoms with Crippen LogP contribution < -0.4 is 9.64 Å². The standard InChI is InChI=1S/C19H20ClNO3/c1-21-9-3-2-4-13-10-16(20)7-5-15(13)12-24-18-8-6-14(19(22)23)11-17(18)21/h5-8,10-11H,2-4,9,12H2,1H3,(H,22,23). The van der Waals surface area contributed by atoms with Crippen LogP contribution in [0.25, 0.3) is 0 Å². The molecule has 0 spiro atoms. The summed E-state index contributed by atoms with van der Waals surface area (Å²) in [6.07, 6.45) is 3.02. The first-order chi connectivity index (χ1) is 11.5. The van der Waals surface area contributed by atoms with Crippen LogP contribution in [0.2, 0.25) is 5.02 Å². The van der Waals surface area contributed by atoms with E-state index in [2.05, 4.69) is 4.90 Å². The number of hydrogen-bond acceptors (Lipinski definition) is 3. The number of carboxylic acid groups (broad SMARTS) is 1. The van der Waals surface area contributed by atoms with Gasteiger partial charge in [-0.1, -0.05) is 17.7 Å². The van der Waals surface area contributed by atoms with Gasteiger partial charge in [-0.25, -0.2) is 4.79 Å². The molecule has 4 nitrogen and oxygen atoms in total. The normalized spacial score (nSPS) is 14.8. The van der Waals surface area contributed by atoms with Gasteiger partial charge in [-0.05, 0) is 60.7 Å². The van der Waals surface area contributed by atoms with Crippen LogP contribution >= 0.6 is 11.6 Å². The summed E-state index contributed by atoms with van der Waals surface area (Å²) in [6, 6.07) is 10.9. The molecule has 0 saturated heterocycles. The van der Waals surface area contributed by atoms with E-state index in [4.69, 9.17) is 16.3 Å². The fraction of sp³-hybridized carbons (Fsp3) is 0.316. The molecule has 0 radical (unpaired) electrons. The highest BCUT2D eigenvalue weighted by molar-refractivity contribution is 6.30. The molecule has 1 aliphatic heterocycles. The van der Waals surface area contributed by atoms with Crippen molar-refractivity contribution in [2.24, 2.45) is 0 Å². The highest BCUT2D eigenvalue weighted by Gasteiger charge is 2.15. The molecule has 0 fully saturated rings. The Morgan fingerprint density at radius 1 is 1.17 bits per heavy atom. The van der Waals surface area contributed by atoms with Gasteiger partial charge < -0.3 is 14.7 Å². The smallest absolute Gasteiger partial charge is 0.335 e. The maximum atomic E-state index is 11.2. The van der Waals surface area contributed by atoms with Crippen LogP contribution in [0.15, 0.2) is 36.4 Å². The summed E-state index contributed by atoms with van der Waals surface area (Å²) < 4.78 is 6.01. The number of aromatic carboxylic acids is 1. The molecule has 0 bridgehead atoms. The SMILES string of the molecule is CN1CCCCc2cc(Cl)ccc2COc2ccc(C(=O)O)cc21. The third kappa shape index (κ3) is 3.65. The third-order valence-corrected chi connectivity index (χ3v) is 4.59. The molecule has 1 N–H and O–H groups in total. The third-order valence-electron chi connectivity index (χ3n) is 4.36. The van der Waals surface area contributed by atoms with Gasteiger partial charge in [-0.3, -0.25) is 0 Å². The average molecular weight is 346 g/mol. The van der Waals surface area contributed by atoms with Crippen molar-refractivity contribution in [3.63, 3.8) is 0 Å². The van der Waals surface area contributed by atoms with Crippen LogP contribution in [0, 0.1) is 0 Å². The predicted molar refractivity (Wildman–Crippen MR) is 95.4 cm³/mol. The molecule has 0 amide bonds. The zero-order chi connectivity index (χ0) is 17.1. The quantitative estimate of drug-likeness (QED) is 0.832. The van der Waals surface area contributed by atoms with Crippen molar-refractivity contribution in [3.05, 3.63) is 58.1 Å². The maximum absolute atomic E-state index is 11.2. The van der Waals surface area contributed by atoms with E-state index in [1.54, 1.807) is 18.2 Å². The van der Waals surface area contributed by atoms with E-state index in [-0.39, 0.29) is 5.56 Å². The molecule has 0 saturated carbocycles. The van der Waals surface area contributed by atoms with Crippen molar-refractivity contribution in [3.8, 4) is 5.75 Å². The summed E-state index contributed by atoms with van der Waals surface area (Å²) >= 11 is 6.12. The summed E-state index contributed by atoms with van der Waals surface area (Å²) in [4.78, 5) is 13.3. The van der Waals surface area contributed by atoms with E-state index in [1.165, 1.54) is 5.56 Å². The molecule has 0 aliphatic carbocycles. The molecule has 0 atom stereocenters. The second-order valence-corrected chi connectivity index (χ2v) is 6.50. The number of anilines is 1. The number of carboxylic acids is 1. The van der Waals surface area contributed by atoms with Crippen molar-refractivity contribution in [1.82, 2.24) is 0 Å². The Hall–Kier alpha value is -2.20. The van der Waals surface area contributed by atoms with Crippen LogP contribution in [-0.4, -0.2) is 24.7 Å². The first-order valence-electron chi connectivity index (χ1n) is 8.03.